The minimum Gasteiger partial charge on any atom is -0.477 e. The summed E-state index contributed by atoms with van der Waals surface area (Å²) in [6.45, 7) is 4.64. The highest BCUT2D eigenvalue weighted by molar-refractivity contribution is 5.71. The number of unbranched alkanes of at least 4 members (excludes halogenated alkanes) is 21. The van der Waals surface area contributed by atoms with Crippen molar-refractivity contribution in [1.82, 2.24) is 0 Å². The molecule has 0 amide bonds. The molecule has 0 rings (SSSR count). The van der Waals surface area contributed by atoms with Crippen LogP contribution >= 0.6 is 0 Å². The molecule has 2 atom stereocenters. The maximum Gasteiger partial charge on any atom is 0.361 e. The minimum absolute atomic E-state index is 0.180. The molecule has 9 heteroatoms. The number of carboxylic acid groups (broad SMARTS) is 1. The van der Waals surface area contributed by atoms with Crippen LogP contribution in [-0.4, -0.2) is 87.4 Å². The van der Waals surface area contributed by atoms with E-state index in [1.165, 1.54) is 96.3 Å². The van der Waals surface area contributed by atoms with Gasteiger partial charge in [0.25, 0.3) is 6.29 Å². The van der Waals surface area contributed by atoms with Gasteiger partial charge in [0, 0.05) is 12.8 Å². The van der Waals surface area contributed by atoms with E-state index in [1.54, 1.807) is 0 Å². The van der Waals surface area contributed by atoms with Crippen LogP contribution in [0.1, 0.15) is 245 Å². The molecular formula is C72H120NO8+. The fraction of sp³-hybridized carbons (Fsp3) is 0.653. The molecule has 0 fully saturated rings. The largest absolute Gasteiger partial charge is 0.477 e. The lowest BCUT2D eigenvalue weighted by Crippen LogP contribution is -2.40. The number of hydrogen-bond donors (Lipinski definition) is 1. The maximum absolute atomic E-state index is 12.9. The van der Waals surface area contributed by atoms with Gasteiger partial charge in [-0.05, 0) is 109 Å². The first-order valence-electron chi connectivity index (χ1n) is 32.3. The number of nitrogens with zero attached hydrogens (tertiary/aromatic N) is 1. The fourth-order valence-electron chi connectivity index (χ4n) is 8.51. The summed E-state index contributed by atoms with van der Waals surface area (Å²) in [7, 11) is 5.96. The topological polar surface area (TPSA) is 108 Å². The van der Waals surface area contributed by atoms with Gasteiger partial charge in [-0.3, -0.25) is 9.59 Å². The van der Waals surface area contributed by atoms with E-state index in [4.69, 9.17) is 18.9 Å². The molecule has 0 spiro atoms. The van der Waals surface area contributed by atoms with E-state index in [9.17, 15) is 19.5 Å². The molecule has 0 aromatic carbocycles. The van der Waals surface area contributed by atoms with Crippen molar-refractivity contribution in [3.05, 3.63) is 134 Å². The second-order valence-electron chi connectivity index (χ2n) is 22.3. The van der Waals surface area contributed by atoms with Crippen LogP contribution in [0.15, 0.2) is 134 Å². The van der Waals surface area contributed by atoms with Crippen molar-refractivity contribution >= 4 is 17.9 Å². The van der Waals surface area contributed by atoms with Gasteiger partial charge < -0.3 is 28.5 Å². The van der Waals surface area contributed by atoms with E-state index in [-0.39, 0.29) is 32.2 Å². The molecule has 0 aliphatic rings. The number of likely N-dealkylation sites (N-methyl/N-ethyl adjacent to an activating group) is 1. The van der Waals surface area contributed by atoms with Crippen LogP contribution in [0, 0.1) is 0 Å². The zero-order chi connectivity index (χ0) is 59.1. The molecular weight excluding hydrogens is 1010 g/mol. The highest BCUT2D eigenvalue weighted by atomic mass is 16.7. The zero-order valence-electron chi connectivity index (χ0n) is 52.4. The Kier molecular flexibility index (Phi) is 58.0. The number of ether oxygens (including phenoxy) is 4. The fourth-order valence-corrected chi connectivity index (χ4v) is 8.51. The number of esters is 2. The average Bonchev–Trinajstić information content (AvgIpc) is 3.44. The average molecular weight is 1130 g/mol. The standard InChI is InChI=1S/C72H119NO8/c1-6-8-10-12-14-16-18-20-22-24-26-28-30-32-33-34-35-36-37-39-41-43-45-47-49-51-53-55-57-59-61-63-70(75)81-68(67-80-72(71(76)77)78-65-64-73(3,4)5)66-79-69(74)62-60-58-56-54-52-50-48-46-44-42-40-38-31-29-27-25-23-21-19-17-15-13-11-9-7-2/h8-11,14-17,20-23,26-29,32-33,35-36,39,41,68,72H,6-7,12-13,18-19,24-25,30-31,34,37-38,40,42-67H2,1-5H3/p+1/b10-8-,11-9-,16-14-,17-15-,22-20-,23-21-,28-26-,29-27-,33-32-,36-35-,41-39-. The van der Waals surface area contributed by atoms with E-state index >= 15 is 0 Å². The van der Waals surface area contributed by atoms with Gasteiger partial charge in [-0.1, -0.05) is 257 Å². The zero-order valence-corrected chi connectivity index (χ0v) is 52.4. The molecule has 2 unspecified atom stereocenters. The quantitative estimate of drug-likeness (QED) is 0.0211. The molecule has 0 aromatic heterocycles. The van der Waals surface area contributed by atoms with Crippen LogP contribution < -0.4 is 0 Å². The summed E-state index contributed by atoms with van der Waals surface area (Å²) in [5.41, 5.74) is 0. The van der Waals surface area contributed by atoms with Gasteiger partial charge in [0.05, 0.1) is 34.4 Å². The predicted octanol–water partition coefficient (Wildman–Crippen LogP) is 19.8. The molecule has 1 N–H and O–H groups in total. The van der Waals surface area contributed by atoms with Gasteiger partial charge >= 0.3 is 17.9 Å². The minimum atomic E-state index is -1.52. The van der Waals surface area contributed by atoms with Gasteiger partial charge in [-0.25, -0.2) is 4.79 Å². The monoisotopic (exact) mass is 1130 g/mol. The summed E-state index contributed by atoms with van der Waals surface area (Å²) in [6, 6.07) is 0. The van der Waals surface area contributed by atoms with Gasteiger partial charge in [-0.15, -0.1) is 0 Å². The van der Waals surface area contributed by atoms with Crippen LogP contribution in [0.4, 0.5) is 0 Å². The molecule has 0 radical (unpaired) electrons. The SMILES string of the molecule is CC/C=C\C/C=C\C/C=C\C/C=C\C/C=C\C/C=C\C/C=C\CCCCCCCCCCCC(=O)OC(COC(=O)CCCCCCCCCCCCCC/C=C\C/C=C\C/C=C\C/C=C\CC)COC(OCC[N+](C)(C)C)C(=O)O. The molecule has 0 aromatic rings. The molecule has 0 bridgehead atoms. The molecule has 81 heavy (non-hydrogen) atoms. The summed E-state index contributed by atoms with van der Waals surface area (Å²) in [4.78, 5) is 37.6. The van der Waals surface area contributed by atoms with Crippen molar-refractivity contribution in [3.63, 3.8) is 0 Å². The lowest BCUT2D eigenvalue weighted by molar-refractivity contribution is -0.870. The molecule has 0 aliphatic carbocycles. The third-order valence-electron chi connectivity index (χ3n) is 13.4. The van der Waals surface area contributed by atoms with Crippen LogP contribution in [0.25, 0.3) is 0 Å². The Labute approximate surface area is 497 Å². The maximum atomic E-state index is 12.9. The Morgan fingerprint density at radius 1 is 0.370 bits per heavy atom. The first-order valence-corrected chi connectivity index (χ1v) is 32.3. The third-order valence-corrected chi connectivity index (χ3v) is 13.4. The first-order chi connectivity index (χ1) is 39.6. The van der Waals surface area contributed by atoms with E-state index < -0.39 is 24.3 Å². The molecule has 0 aliphatic heterocycles. The number of carboxylic acids is 1. The summed E-state index contributed by atoms with van der Waals surface area (Å²) < 4.78 is 22.9. The second kappa shape index (κ2) is 61.5. The Hall–Kier alpha value is -4.57. The van der Waals surface area contributed by atoms with Crippen LogP contribution in [0.5, 0.6) is 0 Å². The van der Waals surface area contributed by atoms with Crippen molar-refractivity contribution in [2.24, 2.45) is 0 Å². The number of hydrogen-bond acceptors (Lipinski definition) is 7. The van der Waals surface area contributed by atoms with Gasteiger partial charge in [0.1, 0.15) is 13.2 Å². The molecule has 0 saturated carbocycles. The first kappa shape index (κ1) is 76.4. The van der Waals surface area contributed by atoms with Crippen molar-refractivity contribution in [3.8, 4) is 0 Å². The lowest BCUT2D eigenvalue weighted by Gasteiger charge is -2.25. The predicted molar refractivity (Wildman–Crippen MR) is 345 cm³/mol. The number of rotatable bonds is 58. The van der Waals surface area contributed by atoms with Gasteiger partial charge in [0.15, 0.2) is 6.10 Å². The second-order valence-corrected chi connectivity index (χ2v) is 22.3. The van der Waals surface area contributed by atoms with Gasteiger partial charge in [-0.2, -0.15) is 0 Å². The van der Waals surface area contributed by atoms with Crippen molar-refractivity contribution in [1.29, 1.82) is 0 Å². The Bertz CT molecular complexity index is 1790. The summed E-state index contributed by atoms with van der Waals surface area (Å²) in [5, 5.41) is 9.73. The molecule has 0 heterocycles. The van der Waals surface area contributed by atoms with Crippen LogP contribution in [0.2, 0.25) is 0 Å². The Morgan fingerprint density at radius 3 is 0.988 bits per heavy atom. The number of allylic oxidation sites excluding steroid dienone is 22. The van der Waals surface area contributed by atoms with Crippen molar-refractivity contribution in [2.45, 2.75) is 257 Å². The van der Waals surface area contributed by atoms with E-state index in [1.807, 2.05) is 21.1 Å². The normalized spacial score (nSPS) is 13.6. The van der Waals surface area contributed by atoms with Crippen LogP contribution in [-0.2, 0) is 33.3 Å². The lowest BCUT2D eigenvalue weighted by atomic mass is 10.0. The Morgan fingerprint density at radius 2 is 0.667 bits per heavy atom. The smallest absolute Gasteiger partial charge is 0.361 e. The van der Waals surface area contributed by atoms with E-state index in [0.29, 0.717) is 23.9 Å². The summed E-state index contributed by atoms with van der Waals surface area (Å²) in [6.07, 6.45) is 85.3. The molecule has 9 nitrogen and oxygen atoms in total. The molecule has 0 saturated heterocycles. The van der Waals surface area contributed by atoms with Crippen molar-refractivity contribution in [2.75, 3.05) is 47.5 Å². The Balaban J connectivity index is 4.23. The van der Waals surface area contributed by atoms with Crippen LogP contribution in [0.3, 0.4) is 0 Å². The third kappa shape index (κ3) is 62.9. The molecule has 460 valence electrons. The number of quaternary nitrogens is 1. The number of carbonyl (C=O) groups is 3. The highest BCUT2D eigenvalue weighted by Gasteiger charge is 2.25. The summed E-state index contributed by atoms with van der Waals surface area (Å²) >= 11 is 0. The van der Waals surface area contributed by atoms with E-state index in [0.717, 1.165) is 116 Å². The van der Waals surface area contributed by atoms with Gasteiger partial charge in [0.2, 0.25) is 0 Å². The number of aliphatic carboxylic acids is 1. The van der Waals surface area contributed by atoms with E-state index in [2.05, 4.69) is 148 Å². The van der Waals surface area contributed by atoms with Crippen molar-refractivity contribution < 1.29 is 42.9 Å². The highest BCUT2D eigenvalue weighted by Crippen LogP contribution is 2.16. The summed E-state index contributed by atoms with van der Waals surface area (Å²) in [5.74, 6) is -2.02. The number of carbonyl (C=O) groups excluding carboxylic acids is 2.